The van der Waals surface area contributed by atoms with E-state index in [1.54, 1.807) is 31.3 Å². The van der Waals surface area contributed by atoms with Gasteiger partial charge in [-0.1, -0.05) is 0 Å². The van der Waals surface area contributed by atoms with Crippen LogP contribution in [0.25, 0.3) is 0 Å². The highest BCUT2D eigenvalue weighted by Crippen LogP contribution is 2.15. The van der Waals surface area contributed by atoms with Gasteiger partial charge in [0, 0.05) is 13.7 Å². The third-order valence-electron chi connectivity index (χ3n) is 3.09. The summed E-state index contributed by atoms with van der Waals surface area (Å²) in [6.07, 6.45) is 3.61. The van der Waals surface area contributed by atoms with Crippen LogP contribution in [0.1, 0.15) is 35.1 Å². The lowest BCUT2D eigenvalue weighted by molar-refractivity contribution is 0.0907. The monoisotopic (exact) mass is 324 g/mol. The van der Waals surface area contributed by atoms with Crippen LogP contribution in [0.3, 0.4) is 0 Å². The Morgan fingerprint density at radius 2 is 2.36 bits per heavy atom. The zero-order valence-electron chi connectivity index (χ0n) is 12.9. The van der Waals surface area contributed by atoms with E-state index in [4.69, 9.17) is 9.15 Å². The minimum absolute atomic E-state index is 0.263. The highest BCUT2D eigenvalue weighted by molar-refractivity contribution is 7.97. The molecule has 22 heavy (non-hydrogen) atoms. The Hall–Kier alpha value is -1.80. The second-order valence-electron chi connectivity index (χ2n) is 4.77. The maximum Gasteiger partial charge on any atom is 0.287 e. The summed E-state index contributed by atoms with van der Waals surface area (Å²) in [5.74, 6) is 2.25. The number of carbonyl (C=O) groups excluding carboxylic acids is 1. The Morgan fingerprint density at radius 1 is 1.55 bits per heavy atom. The standard InChI is InChI=1S/C14H20N4O3S/c1-10(13-17-15-9-18(13)6-7-20-2)16-14(19)12-5-4-11(21-12)8-22-3/h4-5,9-10H,6-8H2,1-3H3,(H,16,19)/t10-/m1/s1. The fraction of sp³-hybridized carbons (Fsp3) is 0.500. The van der Waals surface area contributed by atoms with Crippen LogP contribution < -0.4 is 5.32 Å². The van der Waals surface area contributed by atoms with Crippen LogP contribution in [0, 0.1) is 0 Å². The molecule has 0 aliphatic rings. The van der Waals surface area contributed by atoms with E-state index in [2.05, 4.69) is 15.5 Å². The molecule has 120 valence electrons. The first-order valence-electron chi connectivity index (χ1n) is 6.90. The predicted octanol–water partition coefficient (Wildman–Crippen LogP) is 1.87. The molecule has 0 spiro atoms. The van der Waals surface area contributed by atoms with Crippen molar-refractivity contribution in [2.45, 2.75) is 25.3 Å². The number of carbonyl (C=O) groups is 1. The highest BCUT2D eigenvalue weighted by Gasteiger charge is 2.18. The van der Waals surface area contributed by atoms with Gasteiger partial charge < -0.3 is 19.0 Å². The topological polar surface area (TPSA) is 82.2 Å². The van der Waals surface area contributed by atoms with Gasteiger partial charge in [0.1, 0.15) is 12.1 Å². The van der Waals surface area contributed by atoms with Gasteiger partial charge in [0.15, 0.2) is 11.6 Å². The molecular formula is C14H20N4O3S. The van der Waals surface area contributed by atoms with Crippen molar-refractivity contribution in [1.29, 1.82) is 0 Å². The molecule has 0 fully saturated rings. The molecule has 0 bridgehead atoms. The number of rotatable bonds is 8. The first-order chi connectivity index (χ1) is 10.7. The van der Waals surface area contributed by atoms with E-state index in [9.17, 15) is 4.79 Å². The van der Waals surface area contributed by atoms with E-state index < -0.39 is 0 Å². The zero-order valence-corrected chi connectivity index (χ0v) is 13.7. The number of hydrogen-bond acceptors (Lipinski definition) is 6. The highest BCUT2D eigenvalue weighted by atomic mass is 32.2. The van der Waals surface area contributed by atoms with Crippen LogP contribution in [0.4, 0.5) is 0 Å². The van der Waals surface area contributed by atoms with Crippen LogP contribution in [-0.4, -0.2) is 40.6 Å². The largest absolute Gasteiger partial charge is 0.455 e. The summed E-state index contributed by atoms with van der Waals surface area (Å²) >= 11 is 1.64. The van der Waals surface area contributed by atoms with Crippen LogP contribution in [0.2, 0.25) is 0 Å². The second kappa shape index (κ2) is 8.00. The van der Waals surface area contributed by atoms with Gasteiger partial charge in [-0.3, -0.25) is 4.79 Å². The summed E-state index contributed by atoms with van der Waals surface area (Å²) in [7, 11) is 1.64. The maximum absolute atomic E-state index is 12.2. The molecule has 0 unspecified atom stereocenters. The van der Waals surface area contributed by atoms with Crippen molar-refractivity contribution < 1.29 is 13.9 Å². The quantitative estimate of drug-likeness (QED) is 0.798. The van der Waals surface area contributed by atoms with E-state index in [1.807, 2.05) is 23.8 Å². The minimum atomic E-state index is -0.277. The van der Waals surface area contributed by atoms with E-state index in [1.165, 1.54) is 0 Å². The molecule has 0 aliphatic heterocycles. The molecule has 1 N–H and O–H groups in total. The van der Waals surface area contributed by atoms with Crippen LogP contribution in [0.5, 0.6) is 0 Å². The second-order valence-corrected chi connectivity index (χ2v) is 5.64. The molecule has 0 saturated heterocycles. The SMILES string of the molecule is COCCn1cnnc1[C@@H](C)NC(=O)c1ccc(CSC)o1. The fourth-order valence-corrected chi connectivity index (χ4v) is 2.45. The van der Waals surface area contributed by atoms with Gasteiger partial charge in [-0.05, 0) is 25.3 Å². The molecule has 1 amide bonds. The van der Waals surface area contributed by atoms with Gasteiger partial charge in [0.25, 0.3) is 5.91 Å². The molecule has 0 radical (unpaired) electrons. The van der Waals surface area contributed by atoms with Crippen LogP contribution in [-0.2, 0) is 17.0 Å². The molecule has 2 aromatic rings. The molecule has 2 aromatic heterocycles. The summed E-state index contributed by atoms with van der Waals surface area (Å²) in [5.41, 5.74) is 0. The van der Waals surface area contributed by atoms with Crippen molar-refractivity contribution in [2.75, 3.05) is 20.0 Å². The molecule has 2 rings (SSSR count). The predicted molar refractivity (Wildman–Crippen MR) is 83.7 cm³/mol. The Balaban J connectivity index is 1.99. The zero-order chi connectivity index (χ0) is 15.9. The number of nitrogens with one attached hydrogen (secondary N) is 1. The van der Waals surface area contributed by atoms with Crippen molar-refractivity contribution in [2.24, 2.45) is 0 Å². The number of thioether (sulfide) groups is 1. The fourth-order valence-electron chi connectivity index (χ4n) is 2.01. The number of nitrogens with zero attached hydrogens (tertiary/aromatic N) is 3. The lowest BCUT2D eigenvalue weighted by Crippen LogP contribution is -2.28. The number of aromatic nitrogens is 3. The Bertz CT molecular complexity index is 611. The van der Waals surface area contributed by atoms with Gasteiger partial charge in [0.2, 0.25) is 0 Å². The Morgan fingerprint density at radius 3 is 3.09 bits per heavy atom. The average Bonchev–Trinajstić information content (AvgIpc) is 3.14. The third-order valence-corrected chi connectivity index (χ3v) is 3.66. The normalized spacial score (nSPS) is 12.3. The molecule has 2 heterocycles. The molecule has 0 aromatic carbocycles. The van der Waals surface area contributed by atoms with Crippen molar-refractivity contribution in [3.8, 4) is 0 Å². The number of amides is 1. The third kappa shape index (κ3) is 4.11. The maximum atomic E-state index is 12.2. The molecule has 7 nitrogen and oxygen atoms in total. The number of ether oxygens (including phenoxy) is 1. The van der Waals surface area contributed by atoms with Crippen molar-refractivity contribution >= 4 is 17.7 Å². The van der Waals surface area contributed by atoms with Gasteiger partial charge in [-0.25, -0.2) is 0 Å². The van der Waals surface area contributed by atoms with Crippen molar-refractivity contribution in [1.82, 2.24) is 20.1 Å². The van der Waals surface area contributed by atoms with Crippen LogP contribution >= 0.6 is 11.8 Å². The first-order valence-corrected chi connectivity index (χ1v) is 8.30. The lowest BCUT2D eigenvalue weighted by Gasteiger charge is -2.13. The molecule has 0 aliphatic carbocycles. The first kappa shape index (κ1) is 16.6. The molecule has 1 atom stereocenters. The van der Waals surface area contributed by atoms with E-state index in [-0.39, 0.29) is 11.9 Å². The van der Waals surface area contributed by atoms with Gasteiger partial charge in [-0.2, -0.15) is 11.8 Å². The number of hydrogen-bond donors (Lipinski definition) is 1. The molecular weight excluding hydrogens is 304 g/mol. The number of methoxy groups -OCH3 is 1. The van der Waals surface area contributed by atoms with Gasteiger partial charge in [-0.15, -0.1) is 10.2 Å². The molecule has 0 saturated carbocycles. The summed E-state index contributed by atoms with van der Waals surface area (Å²) in [5, 5.41) is 10.8. The number of furan rings is 1. The average molecular weight is 324 g/mol. The summed E-state index contributed by atoms with van der Waals surface area (Å²) < 4.78 is 12.4. The minimum Gasteiger partial charge on any atom is -0.455 e. The van der Waals surface area contributed by atoms with Crippen molar-refractivity contribution in [3.63, 3.8) is 0 Å². The Labute approximate surface area is 133 Å². The van der Waals surface area contributed by atoms with E-state index in [0.29, 0.717) is 24.7 Å². The summed E-state index contributed by atoms with van der Waals surface area (Å²) in [4.78, 5) is 12.2. The van der Waals surface area contributed by atoms with Crippen LogP contribution in [0.15, 0.2) is 22.9 Å². The van der Waals surface area contributed by atoms with Gasteiger partial charge >= 0.3 is 0 Å². The summed E-state index contributed by atoms with van der Waals surface area (Å²) in [6, 6.07) is 3.22. The van der Waals surface area contributed by atoms with E-state index >= 15 is 0 Å². The van der Waals surface area contributed by atoms with E-state index in [0.717, 1.165) is 11.5 Å². The van der Waals surface area contributed by atoms with Crippen molar-refractivity contribution in [3.05, 3.63) is 35.8 Å². The Kier molecular flexibility index (Phi) is 6.02. The van der Waals surface area contributed by atoms with Gasteiger partial charge in [0.05, 0.1) is 18.4 Å². The lowest BCUT2D eigenvalue weighted by atomic mass is 10.3. The molecule has 8 heteroatoms. The summed E-state index contributed by atoms with van der Waals surface area (Å²) in [6.45, 7) is 3.05. The smallest absolute Gasteiger partial charge is 0.287 e.